The van der Waals surface area contributed by atoms with E-state index in [0.717, 1.165) is 33.4 Å². The summed E-state index contributed by atoms with van der Waals surface area (Å²) < 4.78 is 16.1. The molecule has 0 atom stereocenters. The molecule has 2 aromatic carbocycles. The lowest BCUT2D eigenvalue weighted by molar-refractivity contribution is 0.356. The van der Waals surface area contributed by atoms with Gasteiger partial charge in [0.15, 0.2) is 17.3 Å². The number of aromatic amines is 1. The van der Waals surface area contributed by atoms with Crippen molar-refractivity contribution >= 4 is 33.4 Å². The zero-order valence-corrected chi connectivity index (χ0v) is 14.7. The molecule has 0 aliphatic heterocycles. The number of anilines is 2. The van der Waals surface area contributed by atoms with Gasteiger partial charge < -0.3 is 24.5 Å². The fourth-order valence-corrected chi connectivity index (χ4v) is 2.95. The first-order valence-corrected chi connectivity index (χ1v) is 8.03. The minimum absolute atomic E-state index is 0.654. The molecule has 0 radical (unpaired) electrons. The Labute approximate surface area is 149 Å². The summed E-state index contributed by atoms with van der Waals surface area (Å²) in [5.41, 5.74) is 3.38. The fourth-order valence-electron chi connectivity index (χ4n) is 2.95. The van der Waals surface area contributed by atoms with Gasteiger partial charge in [0, 0.05) is 23.2 Å². The van der Waals surface area contributed by atoms with Crippen LogP contribution in [0.25, 0.3) is 21.9 Å². The third-order valence-electron chi connectivity index (χ3n) is 4.22. The van der Waals surface area contributed by atoms with Crippen molar-refractivity contribution in [2.24, 2.45) is 0 Å². The summed E-state index contributed by atoms with van der Waals surface area (Å²) in [5, 5.41) is 4.25. The number of nitrogens with one attached hydrogen (secondary N) is 2. The highest BCUT2D eigenvalue weighted by atomic mass is 16.5. The Kier molecular flexibility index (Phi) is 3.96. The average Bonchev–Trinajstić information content (AvgIpc) is 3.05. The second-order valence-corrected chi connectivity index (χ2v) is 5.68. The highest BCUT2D eigenvalue weighted by molar-refractivity contribution is 6.09. The Morgan fingerprint density at radius 1 is 0.923 bits per heavy atom. The number of ether oxygens (including phenoxy) is 3. The van der Waals surface area contributed by atoms with E-state index in [9.17, 15) is 0 Å². The lowest BCUT2D eigenvalue weighted by atomic mass is 10.2. The van der Waals surface area contributed by atoms with E-state index in [2.05, 4.69) is 20.3 Å². The number of benzene rings is 2. The van der Waals surface area contributed by atoms with Gasteiger partial charge in [-0.2, -0.15) is 0 Å². The van der Waals surface area contributed by atoms with E-state index in [0.29, 0.717) is 17.3 Å². The number of rotatable bonds is 5. The monoisotopic (exact) mass is 350 g/mol. The van der Waals surface area contributed by atoms with Crippen molar-refractivity contribution in [3.8, 4) is 17.2 Å². The quantitative estimate of drug-likeness (QED) is 0.568. The van der Waals surface area contributed by atoms with Gasteiger partial charge in [0.25, 0.3) is 0 Å². The number of aromatic nitrogens is 3. The normalized spacial score (nSPS) is 10.9. The molecule has 7 heteroatoms. The minimum atomic E-state index is 0.654. The van der Waals surface area contributed by atoms with Crippen molar-refractivity contribution in [3.63, 3.8) is 0 Å². The Morgan fingerprint density at radius 3 is 2.50 bits per heavy atom. The Hall–Kier alpha value is -3.48. The number of fused-ring (bicyclic) bond motifs is 3. The first-order chi connectivity index (χ1) is 12.7. The van der Waals surface area contributed by atoms with E-state index >= 15 is 0 Å². The molecule has 0 amide bonds. The van der Waals surface area contributed by atoms with Crippen LogP contribution in [0, 0.1) is 0 Å². The third kappa shape index (κ3) is 2.63. The van der Waals surface area contributed by atoms with Gasteiger partial charge in [-0.3, -0.25) is 0 Å². The zero-order valence-electron chi connectivity index (χ0n) is 14.7. The summed E-state index contributed by atoms with van der Waals surface area (Å²) >= 11 is 0. The maximum absolute atomic E-state index is 5.40. The van der Waals surface area contributed by atoms with E-state index in [4.69, 9.17) is 14.2 Å². The molecule has 7 nitrogen and oxygen atoms in total. The lowest BCUT2D eigenvalue weighted by Gasteiger charge is -2.07. The van der Waals surface area contributed by atoms with Crippen molar-refractivity contribution in [1.29, 1.82) is 0 Å². The first-order valence-electron chi connectivity index (χ1n) is 8.03. The average molecular weight is 350 g/mol. The molecule has 0 fully saturated rings. The molecule has 4 rings (SSSR count). The molecule has 4 aromatic rings. The zero-order chi connectivity index (χ0) is 18.1. The van der Waals surface area contributed by atoms with Crippen LogP contribution >= 0.6 is 0 Å². The topological polar surface area (TPSA) is 81.3 Å². The van der Waals surface area contributed by atoms with E-state index in [1.807, 2.05) is 36.4 Å². The smallest absolute Gasteiger partial charge is 0.162 e. The second kappa shape index (κ2) is 6.44. The fraction of sp³-hybridized carbons (Fsp3) is 0.158. The van der Waals surface area contributed by atoms with Crippen LogP contribution in [0.2, 0.25) is 0 Å². The predicted molar refractivity (Wildman–Crippen MR) is 101 cm³/mol. The number of hydrogen-bond donors (Lipinski definition) is 2. The van der Waals surface area contributed by atoms with Gasteiger partial charge in [-0.25, -0.2) is 9.97 Å². The maximum atomic E-state index is 5.40. The molecular formula is C19H18N4O3. The molecule has 0 saturated carbocycles. The highest BCUT2D eigenvalue weighted by Gasteiger charge is 2.14. The number of H-pyrrole nitrogens is 1. The van der Waals surface area contributed by atoms with Gasteiger partial charge >= 0.3 is 0 Å². The molecule has 0 aliphatic rings. The van der Waals surface area contributed by atoms with Crippen LogP contribution < -0.4 is 19.5 Å². The van der Waals surface area contributed by atoms with E-state index < -0.39 is 0 Å². The summed E-state index contributed by atoms with van der Waals surface area (Å²) in [6.45, 7) is 0. The molecular weight excluding hydrogens is 332 g/mol. The molecule has 0 bridgehead atoms. The highest BCUT2D eigenvalue weighted by Crippen LogP contribution is 2.36. The van der Waals surface area contributed by atoms with Gasteiger partial charge in [-0.1, -0.05) is 6.07 Å². The van der Waals surface area contributed by atoms with Crippen LogP contribution in [0.5, 0.6) is 17.2 Å². The number of hydrogen-bond acceptors (Lipinski definition) is 6. The molecule has 0 spiro atoms. The van der Waals surface area contributed by atoms with Crippen LogP contribution in [0.3, 0.4) is 0 Å². The molecule has 132 valence electrons. The summed E-state index contributed by atoms with van der Waals surface area (Å²) in [6.07, 6.45) is 1.54. The van der Waals surface area contributed by atoms with Crippen LogP contribution in [0.4, 0.5) is 11.5 Å². The van der Waals surface area contributed by atoms with Gasteiger partial charge in [0.05, 0.1) is 26.8 Å². The lowest BCUT2D eigenvalue weighted by Crippen LogP contribution is -1.96. The second-order valence-electron chi connectivity index (χ2n) is 5.68. The Balaban J connectivity index is 1.85. The van der Waals surface area contributed by atoms with Crippen LogP contribution in [0.15, 0.2) is 42.7 Å². The third-order valence-corrected chi connectivity index (χ3v) is 4.22. The van der Waals surface area contributed by atoms with Crippen LogP contribution in [0.1, 0.15) is 0 Å². The molecule has 0 saturated heterocycles. The van der Waals surface area contributed by atoms with Crippen molar-refractivity contribution in [2.45, 2.75) is 0 Å². The van der Waals surface area contributed by atoms with Crippen molar-refractivity contribution < 1.29 is 14.2 Å². The van der Waals surface area contributed by atoms with E-state index in [-0.39, 0.29) is 0 Å². The summed E-state index contributed by atoms with van der Waals surface area (Å²) in [7, 11) is 4.87. The maximum Gasteiger partial charge on any atom is 0.162 e. The SMILES string of the molecule is COc1cccc(Nc2ncnc3c2[nH]c2cc(OC)c(OC)cc23)c1. The Bertz CT molecular complexity index is 1090. The van der Waals surface area contributed by atoms with Crippen LogP contribution in [-0.2, 0) is 0 Å². The predicted octanol–water partition coefficient (Wildman–Crippen LogP) is 3.88. The van der Waals surface area contributed by atoms with Crippen molar-refractivity contribution in [3.05, 3.63) is 42.7 Å². The van der Waals surface area contributed by atoms with Gasteiger partial charge in [-0.05, 0) is 18.2 Å². The van der Waals surface area contributed by atoms with Crippen molar-refractivity contribution in [2.75, 3.05) is 26.6 Å². The molecule has 2 heterocycles. The number of nitrogens with zero attached hydrogens (tertiary/aromatic N) is 2. The summed E-state index contributed by atoms with van der Waals surface area (Å²) in [5.74, 6) is 2.76. The summed E-state index contributed by atoms with van der Waals surface area (Å²) in [6, 6.07) is 11.5. The van der Waals surface area contributed by atoms with Gasteiger partial charge in [-0.15, -0.1) is 0 Å². The molecule has 0 aliphatic carbocycles. The van der Waals surface area contributed by atoms with E-state index in [1.54, 1.807) is 21.3 Å². The Morgan fingerprint density at radius 2 is 1.73 bits per heavy atom. The standard InChI is InChI=1S/C19H18N4O3/c1-24-12-6-4-5-11(7-12)22-19-18-17(20-10-21-19)13-8-15(25-2)16(26-3)9-14(13)23-18/h4-10,23H,1-3H3,(H,20,21,22). The number of methoxy groups -OCH3 is 3. The molecule has 2 N–H and O–H groups in total. The molecule has 26 heavy (non-hydrogen) atoms. The van der Waals surface area contributed by atoms with Gasteiger partial charge in [0.2, 0.25) is 0 Å². The minimum Gasteiger partial charge on any atom is -0.497 e. The van der Waals surface area contributed by atoms with Crippen LogP contribution in [-0.4, -0.2) is 36.3 Å². The molecule has 0 unspecified atom stereocenters. The largest absolute Gasteiger partial charge is 0.497 e. The molecule has 2 aromatic heterocycles. The van der Waals surface area contributed by atoms with Gasteiger partial charge in [0.1, 0.15) is 23.1 Å². The van der Waals surface area contributed by atoms with Crippen molar-refractivity contribution in [1.82, 2.24) is 15.0 Å². The summed E-state index contributed by atoms with van der Waals surface area (Å²) in [4.78, 5) is 12.2. The first kappa shape index (κ1) is 16.0. The van der Waals surface area contributed by atoms with E-state index in [1.165, 1.54) is 6.33 Å².